The van der Waals surface area contributed by atoms with Crippen LogP contribution in [0.2, 0.25) is 0 Å². The Bertz CT molecular complexity index is 1310. The fourth-order valence-corrected chi connectivity index (χ4v) is 7.19. The summed E-state index contributed by atoms with van der Waals surface area (Å²) in [5.41, 5.74) is 1.23. The first-order valence-electron chi connectivity index (χ1n) is 19.5. The van der Waals surface area contributed by atoms with Gasteiger partial charge < -0.3 is 44.9 Å². The van der Waals surface area contributed by atoms with Gasteiger partial charge in [-0.15, -0.1) is 0 Å². The third kappa shape index (κ3) is 12.4. The molecule has 0 aliphatic carbocycles. The maximum atomic E-state index is 13.2. The zero-order valence-electron chi connectivity index (χ0n) is 31.8. The fourth-order valence-electron chi connectivity index (χ4n) is 7.19. The van der Waals surface area contributed by atoms with Gasteiger partial charge in [0.2, 0.25) is 11.8 Å². The van der Waals surface area contributed by atoms with E-state index in [0.29, 0.717) is 37.2 Å². The Kier molecular flexibility index (Phi) is 16.2. The second-order valence-corrected chi connectivity index (χ2v) is 15.2. The van der Waals surface area contributed by atoms with E-state index in [0.717, 1.165) is 12.8 Å². The lowest BCUT2D eigenvalue weighted by Gasteiger charge is -2.29. The maximum absolute atomic E-state index is 13.2. The van der Waals surface area contributed by atoms with Gasteiger partial charge in [-0.2, -0.15) is 0 Å². The molecular formula is C39H62N4O9. The van der Waals surface area contributed by atoms with E-state index in [2.05, 4.69) is 22.9 Å². The molecule has 13 nitrogen and oxygen atoms in total. The summed E-state index contributed by atoms with van der Waals surface area (Å²) >= 11 is 0. The molecule has 3 aliphatic heterocycles. The molecule has 2 unspecified atom stereocenters. The van der Waals surface area contributed by atoms with Crippen LogP contribution in [0.15, 0.2) is 24.3 Å². The van der Waals surface area contributed by atoms with Crippen molar-refractivity contribution in [2.75, 3.05) is 25.0 Å². The van der Waals surface area contributed by atoms with Crippen LogP contribution < -0.4 is 16.0 Å². The summed E-state index contributed by atoms with van der Waals surface area (Å²) in [6.45, 7) is 10.7. The molecule has 1 aromatic rings. The van der Waals surface area contributed by atoms with Gasteiger partial charge in [-0.25, -0.2) is 9.59 Å². The number of fused-ring (bicyclic) bond motifs is 1. The summed E-state index contributed by atoms with van der Waals surface area (Å²) in [7, 11) is 0. The number of nitrogens with zero attached hydrogens (tertiary/aromatic N) is 1. The van der Waals surface area contributed by atoms with Gasteiger partial charge in [-0.1, -0.05) is 90.7 Å². The lowest BCUT2D eigenvalue weighted by Crippen LogP contribution is -2.54. The van der Waals surface area contributed by atoms with Crippen LogP contribution in [0.3, 0.4) is 0 Å². The van der Waals surface area contributed by atoms with Crippen LogP contribution in [-0.4, -0.2) is 96.0 Å². The van der Waals surface area contributed by atoms with E-state index in [1.807, 2.05) is 27.7 Å². The third-order valence-corrected chi connectivity index (χ3v) is 10.0. The van der Waals surface area contributed by atoms with Crippen molar-refractivity contribution in [3.05, 3.63) is 29.8 Å². The number of hydrogen-bond donors (Lipinski definition) is 4. The predicted molar refractivity (Wildman–Crippen MR) is 197 cm³/mol. The fraction of sp³-hybridized carbons (Fsp3) is 0.744. The van der Waals surface area contributed by atoms with Crippen molar-refractivity contribution >= 4 is 29.5 Å². The summed E-state index contributed by atoms with van der Waals surface area (Å²) in [5, 5.41) is 18.0. The van der Waals surface area contributed by atoms with E-state index in [1.165, 1.54) is 56.3 Å². The summed E-state index contributed by atoms with van der Waals surface area (Å²) in [6, 6.07) is 4.77. The maximum Gasteiger partial charge on any atom is 0.326 e. The Balaban J connectivity index is 1.19. The minimum absolute atomic E-state index is 0.0220. The second-order valence-electron chi connectivity index (χ2n) is 15.2. The molecule has 4 N–H and O–H groups in total. The third-order valence-electron chi connectivity index (χ3n) is 10.0. The molecule has 4 amide bonds. The number of amides is 4. The number of carbonyl (C=O) groups is 4. The van der Waals surface area contributed by atoms with Crippen molar-refractivity contribution in [2.45, 2.75) is 161 Å². The van der Waals surface area contributed by atoms with Crippen LogP contribution >= 0.6 is 0 Å². The van der Waals surface area contributed by atoms with E-state index >= 15 is 0 Å². The highest BCUT2D eigenvalue weighted by atomic mass is 16.8. The molecule has 3 heterocycles. The standard InChI is InChI=1S/C39H62N4O9/c1-6-7-8-9-10-11-12-13-14-15-23-49-33-30(50-37-34(33)51-39(4,5)52-37)25-40-38(48)41-28-20-18-27(19-21-28)24-31(44)42-32(26(2)3)35(45)43-22-16-17-29(43)36(46)47/h18-21,26,29-30,32-34,37H,6-17,22-25H2,1-5H3,(H,42,44)(H,46,47)(H2,40,41,48)/t29-,30?,32-,33?,34+,37+/m0/s1. The van der Waals surface area contributed by atoms with E-state index < -0.39 is 42.3 Å². The quantitative estimate of drug-likeness (QED) is 0.115. The van der Waals surface area contributed by atoms with Crippen LogP contribution in [0.4, 0.5) is 10.5 Å². The first kappa shape index (κ1) is 41.5. The van der Waals surface area contributed by atoms with Crippen LogP contribution in [0.5, 0.6) is 0 Å². The second kappa shape index (κ2) is 20.3. The Morgan fingerprint density at radius 2 is 1.62 bits per heavy atom. The summed E-state index contributed by atoms with van der Waals surface area (Å²) in [4.78, 5) is 51.9. The van der Waals surface area contributed by atoms with Gasteiger partial charge in [0.05, 0.1) is 6.42 Å². The van der Waals surface area contributed by atoms with E-state index in [4.69, 9.17) is 18.9 Å². The molecule has 3 saturated heterocycles. The molecule has 0 bridgehead atoms. The number of rotatable bonds is 21. The van der Waals surface area contributed by atoms with Crippen LogP contribution in [0.1, 0.15) is 117 Å². The highest BCUT2D eigenvalue weighted by molar-refractivity contribution is 5.92. The smallest absolute Gasteiger partial charge is 0.326 e. The largest absolute Gasteiger partial charge is 0.480 e. The number of unbranched alkanes of at least 4 members (excludes halogenated alkanes) is 9. The molecule has 0 aromatic heterocycles. The molecule has 3 fully saturated rings. The van der Waals surface area contributed by atoms with Gasteiger partial charge in [-0.3, -0.25) is 9.59 Å². The summed E-state index contributed by atoms with van der Waals surface area (Å²) in [5.74, 6) is -2.74. The minimum atomic E-state index is -1.03. The molecule has 292 valence electrons. The number of nitrogens with one attached hydrogen (secondary N) is 3. The lowest BCUT2D eigenvalue weighted by atomic mass is 10.0. The highest BCUT2D eigenvalue weighted by Gasteiger charge is 2.55. The molecule has 3 aliphatic rings. The zero-order valence-corrected chi connectivity index (χ0v) is 31.8. The molecule has 4 rings (SSSR count). The molecule has 52 heavy (non-hydrogen) atoms. The van der Waals surface area contributed by atoms with Gasteiger partial charge >= 0.3 is 12.0 Å². The van der Waals surface area contributed by atoms with Gasteiger partial charge in [0.15, 0.2) is 12.1 Å². The molecular weight excluding hydrogens is 668 g/mol. The average molecular weight is 731 g/mol. The minimum Gasteiger partial charge on any atom is -0.480 e. The predicted octanol–water partition coefficient (Wildman–Crippen LogP) is 5.75. The van der Waals surface area contributed by atoms with Crippen molar-refractivity contribution in [2.24, 2.45) is 5.92 Å². The van der Waals surface area contributed by atoms with Crippen molar-refractivity contribution in [3.8, 4) is 0 Å². The Labute approximate surface area is 309 Å². The van der Waals surface area contributed by atoms with Crippen molar-refractivity contribution < 1.29 is 43.2 Å². The molecule has 0 saturated carbocycles. The van der Waals surface area contributed by atoms with E-state index in [-0.39, 0.29) is 42.9 Å². The number of aliphatic carboxylic acids is 1. The first-order chi connectivity index (χ1) is 24.9. The van der Waals surface area contributed by atoms with Crippen molar-refractivity contribution in [1.82, 2.24) is 15.5 Å². The average Bonchev–Trinajstić information content (AvgIpc) is 3.79. The number of urea groups is 1. The molecule has 0 spiro atoms. The Morgan fingerprint density at radius 1 is 0.962 bits per heavy atom. The monoisotopic (exact) mass is 730 g/mol. The van der Waals surface area contributed by atoms with Gasteiger partial charge in [0, 0.05) is 25.4 Å². The number of carboxylic acids is 1. The van der Waals surface area contributed by atoms with Gasteiger partial charge in [-0.05, 0) is 56.7 Å². The van der Waals surface area contributed by atoms with E-state index in [9.17, 15) is 24.3 Å². The summed E-state index contributed by atoms with van der Waals surface area (Å²) in [6.07, 6.45) is 11.7. The topological polar surface area (TPSA) is 165 Å². The molecule has 0 radical (unpaired) electrons. The number of carboxylic acid groups (broad SMARTS) is 1. The number of carbonyl (C=O) groups excluding carboxylic acids is 3. The number of anilines is 1. The SMILES string of the molecule is CCCCCCCCCCCCOC1C(CNC(=O)Nc2ccc(CC(=O)N[C@H](C(=O)N3CCC[C@H]3C(=O)O)C(C)C)cc2)O[C@@H]2OC(C)(C)O[C@H]12. The van der Waals surface area contributed by atoms with Gasteiger partial charge in [0.25, 0.3) is 0 Å². The zero-order chi connectivity index (χ0) is 37.7. The molecule has 6 atom stereocenters. The summed E-state index contributed by atoms with van der Waals surface area (Å²) < 4.78 is 24.5. The highest BCUT2D eigenvalue weighted by Crippen LogP contribution is 2.38. The Hall–Kier alpha value is -3.26. The van der Waals surface area contributed by atoms with Crippen LogP contribution in [0.25, 0.3) is 0 Å². The van der Waals surface area contributed by atoms with Crippen LogP contribution in [-0.2, 0) is 39.8 Å². The first-order valence-corrected chi connectivity index (χ1v) is 19.5. The van der Waals surface area contributed by atoms with Crippen molar-refractivity contribution in [3.63, 3.8) is 0 Å². The molecule has 13 heteroatoms. The van der Waals surface area contributed by atoms with Crippen LogP contribution in [0, 0.1) is 5.92 Å². The number of likely N-dealkylation sites (tertiary alicyclic amines) is 1. The Morgan fingerprint density at radius 3 is 2.25 bits per heavy atom. The number of ether oxygens (including phenoxy) is 4. The van der Waals surface area contributed by atoms with E-state index in [1.54, 1.807) is 24.3 Å². The molecule has 1 aromatic carbocycles. The van der Waals surface area contributed by atoms with Gasteiger partial charge in [0.1, 0.15) is 30.4 Å². The van der Waals surface area contributed by atoms with Crippen molar-refractivity contribution in [1.29, 1.82) is 0 Å². The normalized spacial score (nSPS) is 24.1. The number of hydrogen-bond acceptors (Lipinski definition) is 8. The lowest BCUT2D eigenvalue weighted by molar-refractivity contribution is -0.217. The number of benzene rings is 1.